The van der Waals surface area contributed by atoms with Crippen molar-refractivity contribution in [2.45, 2.75) is 28.9 Å². The van der Waals surface area contributed by atoms with Gasteiger partial charge in [-0.3, -0.25) is 4.79 Å². The summed E-state index contributed by atoms with van der Waals surface area (Å²) in [4.78, 5) is 45.7. The average molecular weight is 796 g/mol. The third-order valence-electron chi connectivity index (χ3n) is 10.5. The number of anilines is 2. The zero-order valence-corrected chi connectivity index (χ0v) is 33.3. The number of thioether (sulfide) groups is 1. The number of unbranched alkanes of at least 4 members (excludes halogenated alkanes) is 1. The maximum Gasteiger partial charge on any atom is 0.339 e. The number of fused-ring (bicyclic) bond motifs is 1. The monoisotopic (exact) mass is 795 g/mol. The number of carboxylic acids is 2. The van der Waals surface area contributed by atoms with E-state index >= 15 is 0 Å². The van der Waals surface area contributed by atoms with Crippen LogP contribution in [0.25, 0.3) is 0 Å². The molecule has 2 heterocycles. The van der Waals surface area contributed by atoms with Crippen molar-refractivity contribution in [1.29, 1.82) is 0 Å². The number of ether oxygens (including phenoxy) is 4. The average Bonchev–Trinajstić information content (AvgIpc) is 3.24. The summed E-state index contributed by atoms with van der Waals surface area (Å²) in [6.07, 6.45) is 2.60. The molecule has 0 amide bonds. The molecule has 2 aliphatic rings. The van der Waals surface area contributed by atoms with Crippen molar-refractivity contribution in [1.82, 2.24) is 9.80 Å². The molecule has 0 aromatic heterocycles. The lowest BCUT2D eigenvalue weighted by atomic mass is 9.85. The second-order valence-electron chi connectivity index (χ2n) is 13.8. The van der Waals surface area contributed by atoms with Crippen LogP contribution in [0.15, 0.2) is 107 Å². The minimum Gasteiger partial charge on any atom is -0.496 e. The number of rotatable bonds is 18. The lowest BCUT2D eigenvalue weighted by molar-refractivity contribution is -0.137. The Morgan fingerprint density at radius 3 is 2.04 bits per heavy atom. The van der Waals surface area contributed by atoms with Crippen LogP contribution in [0.4, 0.5) is 11.4 Å². The van der Waals surface area contributed by atoms with Crippen LogP contribution in [0.1, 0.15) is 24.0 Å². The second kappa shape index (κ2) is 19.1. The fraction of sp³-hybridized carbons (Fsp3) is 0.341. The van der Waals surface area contributed by atoms with Gasteiger partial charge in [0.2, 0.25) is 0 Å². The van der Waals surface area contributed by atoms with Crippen molar-refractivity contribution in [3.05, 3.63) is 113 Å². The van der Waals surface area contributed by atoms with Crippen LogP contribution in [0.2, 0.25) is 0 Å². The van der Waals surface area contributed by atoms with E-state index in [1.165, 1.54) is 11.8 Å². The van der Waals surface area contributed by atoms with Gasteiger partial charge in [0.1, 0.15) is 17.1 Å². The van der Waals surface area contributed by atoms with Gasteiger partial charge in [-0.2, -0.15) is 0 Å². The van der Waals surface area contributed by atoms with Crippen molar-refractivity contribution in [2.75, 3.05) is 78.6 Å². The van der Waals surface area contributed by atoms with Gasteiger partial charge in [0.25, 0.3) is 0 Å². The standard InChI is InChI=1S/C44H49N3O9S/c1-53-37-28-39(55-3)38(54-2)27-31(37)19-21-46-24-22-45(23-25-46)20-11-12-26-56-36-17-9-7-15-34(36)44(41(43(51)52)33(29-48)42(49)50)30-47(32-13-5-4-6-14-32)35-16-8-10-18-40(35)57-44/h4-10,13-18,27-29H,11-12,19-26,30H2,1-3H3,(H,49,50)(H,51,52)/b41-33+. The van der Waals surface area contributed by atoms with Crippen LogP contribution < -0.4 is 23.8 Å². The lowest BCUT2D eigenvalue weighted by Gasteiger charge is -2.45. The van der Waals surface area contributed by atoms with Crippen LogP contribution in [-0.2, 0) is 25.6 Å². The molecule has 2 N–H and O–H groups in total. The first-order chi connectivity index (χ1) is 27.7. The Morgan fingerprint density at radius 1 is 0.737 bits per heavy atom. The van der Waals surface area contributed by atoms with Crippen molar-refractivity contribution in [3.8, 4) is 23.0 Å². The summed E-state index contributed by atoms with van der Waals surface area (Å²) in [5, 5.41) is 20.9. The summed E-state index contributed by atoms with van der Waals surface area (Å²) in [7, 11) is 4.91. The quantitative estimate of drug-likeness (QED) is 0.0371. The summed E-state index contributed by atoms with van der Waals surface area (Å²) in [5.41, 5.74) is 1.87. The zero-order chi connectivity index (χ0) is 40.4. The number of carboxylic acid groups (broad SMARTS) is 2. The molecule has 300 valence electrons. The molecular formula is C44H49N3O9S. The number of aldehydes is 1. The predicted octanol–water partition coefficient (Wildman–Crippen LogP) is 6.54. The summed E-state index contributed by atoms with van der Waals surface area (Å²) >= 11 is 1.23. The van der Waals surface area contributed by atoms with Gasteiger partial charge >= 0.3 is 11.9 Å². The van der Waals surface area contributed by atoms with Gasteiger partial charge in [-0.1, -0.05) is 48.5 Å². The molecule has 0 radical (unpaired) electrons. The maximum absolute atomic E-state index is 13.2. The van der Waals surface area contributed by atoms with Crippen LogP contribution in [0, 0.1) is 0 Å². The van der Waals surface area contributed by atoms with E-state index in [9.17, 15) is 24.6 Å². The molecule has 2 aliphatic heterocycles. The Labute approximate surface area is 337 Å². The number of carbonyl (C=O) groups is 3. The number of hydrogen-bond donors (Lipinski definition) is 2. The van der Waals surface area contributed by atoms with E-state index in [0.717, 1.165) is 86.1 Å². The SMILES string of the molecule is COc1cc(OC)c(OC)cc1CCN1CCN(CCCCOc2ccccc2C2(/C(C(=O)O)=C(\C=O)C(=O)O)CN(c3ccccc3)c3ccccc3S2)CC1. The maximum atomic E-state index is 13.2. The molecule has 12 nitrogen and oxygen atoms in total. The van der Waals surface area contributed by atoms with E-state index in [1.807, 2.05) is 77.7 Å². The molecule has 1 unspecified atom stereocenters. The number of para-hydroxylation sites is 3. The van der Waals surface area contributed by atoms with E-state index in [1.54, 1.807) is 39.5 Å². The highest BCUT2D eigenvalue weighted by Crippen LogP contribution is 2.57. The normalized spacial score (nSPS) is 17.6. The highest BCUT2D eigenvalue weighted by molar-refractivity contribution is 8.00. The predicted molar refractivity (Wildman–Crippen MR) is 220 cm³/mol. The summed E-state index contributed by atoms with van der Waals surface area (Å²) < 4.78 is 21.4. The summed E-state index contributed by atoms with van der Waals surface area (Å²) in [5.74, 6) is -0.548. The third kappa shape index (κ3) is 9.22. The highest BCUT2D eigenvalue weighted by atomic mass is 32.2. The van der Waals surface area contributed by atoms with Gasteiger partial charge < -0.3 is 43.9 Å². The van der Waals surface area contributed by atoms with E-state index in [0.29, 0.717) is 29.4 Å². The molecule has 0 spiro atoms. The number of aliphatic carboxylic acids is 2. The smallest absolute Gasteiger partial charge is 0.339 e. The molecule has 57 heavy (non-hydrogen) atoms. The Hall–Kier alpha value is -5.50. The highest BCUT2D eigenvalue weighted by Gasteiger charge is 2.50. The van der Waals surface area contributed by atoms with Crippen molar-refractivity contribution in [3.63, 3.8) is 0 Å². The zero-order valence-electron chi connectivity index (χ0n) is 32.5. The number of piperazine rings is 1. The molecule has 4 aromatic rings. The largest absolute Gasteiger partial charge is 0.496 e. The fourth-order valence-corrected chi connectivity index (χ4v) is 9.18. The molecular weight excluding hydrogens is 747 g/mol. The first kappa shape index (κ1) is 41.1. The van der Waals surface area contributed by atoms with Crippen molar-refractivity contribution < 1.29 is 43.5 Å². The van der Waals surface area contributed by atoms with Gasteiger partial charge in [0, 0.05) is 61.5 Å². The van der Waals surface area contributed by atoms with Gasteiger partial charge in [-0.05, 0) is 67.8 Å². The van der Waals surface area contributed by atoms with E-state index in [4.69, 9.17) is 18.9 Å². The molecule has 13 heteroatoms. The van der Waals surface area contributed by atoms with Gasteiger partial charge in [-0.15, -0.1) is 11.8 Å². The second-order valence-corrected chi connectivity index (χ2v) is 15.2. The first-order valence-corrected chi connectivity index (χ1v) is 19.8. The minimum atomic E-state index is -1.61. The van der Waals surface area contributed by atoms with Gasteiger partial charge in [0.05, 0.1) is 43.9 Å². The molecule has 1 fully saturated rings. The molecule has 0 bridgehead atoms. The molecule has 1 saturated heterocycles. The fourth-order valence-electron chi connectivity index (χ4n) is 7.61. The molecule has 0 saturated carbocycles. The Morgan fingerprint density at radius 2 is 1.37 bits per heavy atom. The Balaban J connectivity index is 1.14. The van der Waals surface area contributed by atoms with Crippen molar-refractivity contribution >= 4 is 41.4 Å². The Bertz CT molecular complexity index is 2070. The van der Waals surface area contributed by atoms with Gasteiger partial charge in [0.15, 0.2) is 17.8 Å². The summed E-state index contributed by atoms with van der Waals surface area (Å²) in [6, 6.07) is 28.1. The van der Waals surface area contributed by atoms with Gasteiger partial charge in [-0.25, -0.2) is 9.59 Å². The van der Waals surface area contributed by atoms with Crippen LogP contribution >= 0.6 is 11.8 Å². The van der Waals surface area contributed by atoms with Crippen LogP contribution in [0.5, 0.6) is 23.0 Å². The third-order valence-corrected chi connectivity index (χ3v) is 12.0. The molecule has 6 rings (SSSR count). The number of benzene rings is 4. The molecule has 1 atom stereocenters. The van der Waals surface area contributed by atoms with E-state index in [-0.39, 0.29) is 12.8 Å². The lowest BCUT2D eigenvalue weighted by Crippen LogP contribution is -2.47. The minimum absolute atomic E-state index is 0.0269. The van der Waals surface area contributed by atoms with E-state index < -0.39 is 27.8 Å². The topological polar surface area (TPSA) is 138 Å². The van der Waals surface area contributed by atoms with Crippen molar-refractivity contribution in [2.24, 2.45) is 0 Å². The van der Waals surface area contributed by atoms with E-state index in [2.05, 4.69) is 9.80 Å². The number of methoxy groups -OCH3 is 3. The van der Waals surface area contributed by atoms with Crippen LogP contribution in [0.3, 0.4) is 0 Å². The number of carbonyl (C=O) groups excluding carboxylic acids is 1. The first-order valence-electron chi connectivity index (χ1n) is 19.0. The number of hydrogen-bond acceptors (Lipinski definition) is 11. The van der Waals surface area contributed by atoms with Crippen LogP contribution in [-0.4, -0.2) is 112 Å². The Kier molecular flexibility index (Phi) is 13.8. The number of nitrogens with zero attached hydrogens (tertiary/aromatic N) is 3. The summed E-state index contributed by atoms with van der Waals surface area (Å²) in [6.45, 7) is 6.05. The molecule has 0 aliphatic carbocycles. The molecule has 4 aromatic carbocycles.